The molecule has 3 amide bonds. The number of hydrazone groups is 1. The number of urea groups is 1. The fourth-order valence-corrected chi connectivity index (χ4v) is 4.54. The lowest BCUT2D eigenvalue weighted by atomic mass is 9.98. The highest BCUT2D eigenvalue weighted by molar-refractivity contribution is 6.30. The number of carbonyl (C=O) groups is 2. The molecule has 2 aromatic carbocycles. The Morgan fingerprint density at radius 3 is 2.46 bits per heavy atom. The highest BCUT2D eigenvalue weighted by Crippen LogP contribution is 2.33. The van der Waals surface area contributed by atoms with Gasteiger partial charge >= 0.3 is 6.03 Å². The normalized spacial score (nSPS) is 18.1. The van der Waals surface area contributed by atoms with Crippen LogP contribution in [0.4, 0.5) is 9.18 Å². The topological polar surface area (TPSA) is 77.5 Å². The summed E-state index contributed by atoms with van der Waals surface area (Å²) >= 11 is 6.09. The van der Waals surface area contributed by atoms with Crippen LogP contribution in [0.15, 0.2) is 53.6 Å². The molecule has 4 rings (SSSR count). The van der Waals surface area contributed by atoms with Crippen molar-refractivity contribution in [3.63, 3.8) is 0 Å². The summed E-state index contributed by atoms with van der Waals surface area (Å²) in [6.07, 6.45) is 0.463. The van der Waals surface area contributed by atoms with Gasteiger partial charge < -0.3 is 15.0 Å². The third-order valence-corrected chi connectivity index (χ3v) is 6.67. The summed E-state index contributed by atoms with van der Waals surface area (Å²) in [5, 5.41) is 9.60. The predicted octanol–water partition coefficient (Wildman–Crippen LogP) is 3.91. The van der Waals surface area contributed by atoms with Crippen LogP contribution in [-0.4, -0.2) is 84.4 Å². The first-order valence-electron chi connectivity index (χ1n) is 12.6. The minimum atomic E-state index is -0.362. The number of hydrogen-bond acceptors (Lipinski definition) is 5. The van der Waals surface area contributed by atoms with Crippen LogP contribution in [-0.2, 0) is 9.53 Å². The standard InChI is InChI=1S/C27H33ClFN5O3/c1-19(2)30-27(36)33(12-11-32-13-15-37-16-14-32)18-26(35)34-25(21-3-7-22(28)8-4-21)17-24(31-34)20-5-9-23(29)10-6-20/h3-10,19,25H,11-18H2,1-2H3,(H,30,36)/t25-/m0/s1. The molecule has 2 aromatic rings. The van der Waals surface area contributed by atoms with E-state index < -0.39 is 0 Å². The quantitative estimate of drug-likeness (QED) is 0.562. The van der Waals surface area contributed by atoms with Crippen molar-refractivity contribution < 1.29 is 18.7 Å². The van der Waals surface area contributed by atoms with E-state index in [-0.39, 0.29) is 36.4 Å². The second-order valence-electron chi connectivity index (χ2n) is 9.54. The number of morpholine rings is 1. The molecule has 37 heavy (non-hydrogen) atoms. The van der Waals surface area contributed by atoms with Crippen molar-refractivity contribution in [3.8, 4) is 0 Å². The van der Waals surface area contributed by atoms with Gasteiger partial charge in [-0.2, -0.15) is 5.10 Å². The summed E-state index contributed by atoms with van der Waals surface area (Å²) in [7, 11) is 0. The molecule has 0 bridgehead atoms. The number of nitrogens with one attached hydrogen (secondary N) is 1. The van der Waals surface area contributed by atoms with E-state index in [2.05, 4.69) is 15.3 Å². The van der Waals surface area contributed by atoms with E-state index in [1.807, 2.05) is 26.0 Å². The molecule has 0 radical (unpaired) electrons. The van der Waals surface area contributed by atoms with Gasteiger partial charge in [0, 0.05) is 43.7 Å². The molecule has 1 N–H and O–H groups in total. The van der Waals surface area contributed by atoms with Gasteiger partial charge in [-0.1, -0.05) is 35.9 Å². The Bertz CT molecular complexity index is 1100. The van der Waals surface area contributed by atoms with Crippen LogP contribution in [0.25, 0.3) is 0 Å². The number of benzene rings is 2. The van der Waals surface area contributed by atoms with Gasteiger partial charge in [-0.15, -0.1) is 0 Å². The minimum Gasteiger partial charge on any atom is -0.379 e. The van der Waals surface area contributed by atoms with E-state index in [0.717, 1.165) is 24.2 Å². The van der Waals surface area contributed by atoms with E-state index in [9.17, 15) is 14.0 Å². The zero-order valence-electron chi connectivity index (χ0n) is 21.2. The Morgan fingerprint density at radius 2 is 1.81 bits per heavy atom. The number of hydrogen-bond donors (Lipinski definition) is 1. The zero-order valence-corrected chi connectivity index (χ0v) is 22.0. The highest BCUT2D eigenvalue weighted by Gasteiger charge is 2.34. The van der Waals surface area contributed by atoms with Crippen LogP contribution in [0, 0.1) is 5.82 Å². The van der Waals surface area contributed by atoms with E-state index in [1.54, 1.807) is 29.2 Å². The van der Waals surface area contributed by atoms with E-state index in [4.69, 9.17) is 16.3 Å². The molecular formula is C27H33ClFN5O3. The molecule has 0 spiro atoms. The first-order chi connectivity index (χ1) is 17.8. The van der Waals surface area contributed by atoms with E-state index >= 15 is 0 Å². The fraction of sp³-hybridized carbons (Fsp3) is 0.444. The highest BCUT2D eigenvalue weighted by atomic mass is 35.5. The SMILES string of the molecule is CC(C)NC(=O)N(CCN1CCOCC1)CC(=O)N1N=C(c2ccc(F)cc2)C[C@H]1c1ccc(Cl)cc1. The molecule has 198 valence electrons. The number of amides is 3. The molecule has 2 aliphatic rings. The molecule has 2 aliphatic heterocycles. The molecule has 1 fully saturated rings. The van der Waals surface area contributed by atoms with Crippen molar-refractivity contribution in [1.29, 1.82) is 0 Å². The minimum absolute atomic E-state index is 0.0646. The Kier molecular flexibility index (Phi) is 9.13. The van der Waals surface area contributed by atoms with Gasteiger partial charge in [0.1, 0.15) is 12.4 Å². The van der Waals surface area contributed by atoms with Crippen LogP contribution in [0.3, 0.4) is 0 Å². The van der Waals surface area contributed by atoms with Gasteiger partial charge in [-0.05, 0) is 49.2 Å². The van der Waals surface area contributed by atoms with Crippen LogP contribution in [0.1, 0.15) is 37.4 Å². The van der Waals surface area contributed by atoms with Crippen molar-refractivity contribution in [2.75, 3.05) is 45.9 Å². The molecular weight excluding hydrogens is 497 g/mol. The molecule has 0 aliphatic carbocycles. The van der Waals surface area contributed by atoms with Gasteiger partial charge in [0.15, 0.2) is 0 Å². The molecule has 0 saturated carbocycles. The predicted molar refractivity (Wildman–Crippen MR) is 141 cm³/mol. The lowest BCUT2D eigenvalue weighted by Gasteiger charge is -2.31. The third kappa shape index (κ3) is 7.28. The van der Waals surface area contributed by atoms with Crippen LogP contribution in [0.2, 0.25) is 5.02 Å². The van der Waals surface area contributed by atoms with E-state index in [1.165, 1.54) is 17.1 Å². The monoisotopic (exact) mass is 529 g/mol. The largest absolute Gasteiger partial charge is 0.379 e. The maximum absolute atomic E-state index is 13.7. The summed E-state index contributed by atoms with van der Waals surface area (Å²) in [5.74, 6) is -0.630. The second kappa shape index (κ2) is 12.5. The molecule has 1 atom stereocenters. The summed E-state index contributed by atoms with van der Waals surface area (Å²) in [4.78, 5) is 30.4. The fourth-order valence-electron chi connectivity index (χ4n) is 4.41. The Hall–Kier alpha value is -3.01. The van der Waals surface area contributed by atoms with Crippen LogP contribution in [0.5, 0.6) is 0 Å². The second-order valence-corrected chi connectivity index (χ2v) is 9.98. The zero-order chi connectivity index (χ0) is 26.4. The maximum atomic E-state index is 13.7. The number of halogens is 2. The number of carbonyl (C=O) groups excluding carboxylic acids is 2. The van der Waals surface area contributed by atoms with Gasteiger partial charge in [0.25, 0.3) is 5.91 Å². The average Bonchev–Trinajstić information content (AvgIpc) is 3.33. The summed E-state index contributed by atoms with van der Waals surface area (Å²) in [6, 6.07) is 12.7. The van der Waals surface area contributed by atoms with Gasteiger partial charge in [-0.25, -0.2) is 14.2 Å². The smallest absolute Gasteiger partial charge is 0.318 e. The first kappa shape index (κ1) is 27.0. The summed E-state index contributed by atoms with van der Waals surface area (Å²) in [5.41, 5.74) is 2.31. The third-order valence-electron chi connectivity index (χ3n) is 6.41. The lowest BCUT2D eigenvalue weighted by molar-refractivity contribution is -0.133. The maximum Gasteiger partial charge on any atom is 0.318 e. The Labute approximate surface area is 222 Å². The van der Waals surface area contributed by atoms with Crippen molar-refractivity contribution in [2.45, 2.75) is 32.4 Å². The molecule has 2 heterocycles. The molecule has 10 heteroatoms. The van der Waals surface area contributed by atoms with E-state index in [0.29, 0.717) is 43.5 Å². The number of nitrogens with zero attached hydrogens (tertiary/aromatic N) is 4. The first-order valence-corrected chi connectivity index (χ1v) is 12.9. The molecule has 8 nitrogen and oxygen atoms in total. The van der Waals surface area contributed by atoms with Gasteiger partial charge in [-0.3, -0.25) is 9.69 Å². The van der Waals surface area contributed by atoms with Crippen molar-refractivity contribution in [1.82, 2.24) is 20.1 Å². The number of ether oxygens (including phenoxy) is 1. The summed E-state index contributed by atoms with van der Waals surface area (Å²) in [6.45, 7) is 7.61. The lowest BCUT2D eigenvalue weighted by Crippen LogP contribution is -2.50. The average molecular weight is 530 g/mol. The van der Waals surface area contributed by atoms with Gasteiger partial charge in [0.05, 0.1) is 25.0 Å². The summed E-state index contributed by atoms with van der Waals surface area (Å²) < 4.78 is 18.9. The molecule has 1 saturated heterocycles. The Morgan fingerprint density at radius 1 is 1.14 bits per heavy atom. The van der Waals surface area contributed by atoms with Crippen molar-refractivity contribution in [3.05, 3.63) is 70.5 Å². The molecule has 0 unspecified atom stereocenters. The van der Waals surface area contributed by atoms with Crippen molar-refractivity contribution in [2.24, 2.45) is 5.10 Å². The number of rotatable bonds is 8. The van der Waals surface area contributed by atoms with Crippen LogP contribution >= 0.6 is 11.6 Å². The van der Waals surface area contributed by atoms with Crippen LogP contribution < -0.4 is 5.32 Å². The van der Waals surface area contributed by atoms with Gasteiger partial charge in [0.2, 0.25) is 0 Å². The van der Waals surface area contributed by atoms with Crippen molar-refractivity contribution >= 4 is 29.3 Å². The Balaban J connectivity index is 1.55. The molecule has 0 aromatic heterocycles.